The van der Waals surface area contributed by atoms with Crippen LogP contribution < -0.4 is 4.90 Å². The molecule has 1 aromatic rings. The average Bonchev–Trinajstić information content (AvgIpc) is 3.00. The fraction of sp³-hybridized carbons (Fsp3) is 0.467. The number of anilines is 1. The van der Waals surface area contributed by atoms with Crippen LogP contribution in [0.2, 0.25) is 0 Å². The summed E-state index contributed by atoms with van der Waals surface area (Å²) in [4.78, 5) is 25.5. The number of hydrogen-bond acceptors (Lipinski definition) is 2. The van der Waals surface area contributed by atoms with Gasteiger partial charge in [0, 0.05) is 11.9 Å². The number of para-hydroxylation sites is 1. The number of rotatable bonds is 3. The maximum atomic E-state index is 14.0. The highest BCUT2D eigenvalue weighted by atomic mass is 79.9. The molecule has 5 heteroatoms. The number of Topliss-reactive ketones (excluding diaryl/α,β-unsaturated/α-hetero) is 1. The van der Waals surface area contributed by atoms with Crippen molar-refractivity contribution in [2.45, 2.75) is 25.7 Å². The molecule has 0 atom stereocenters. The molecule has 1 saturated carbocycles. The number of carbonyl (C=O) groups is 2. The zero-order valence-corrected chi connectivity index (χ0v) is 12.6. The molecule has 3 nitrogen and oxygen atoms in total. The largest absolute Gasteiger partial charge is 0.301 e. The third-order valence-electron chi connectivity index (χ3n) is 4.38. The molecule has 3 rings (SSSR count). The summed E-state index contributed by atoms with van der Waals surface area (Å²) >= 11 is 3.52. The van der Waals surface area contributed by atoms with E-state index in [-0.39, 0.29) is 16.7 Å². The van der Waals surface area contributed by atoms with Gasteiger partial charge in [-0.1, -0.05) is 34.8 Å². The van der Waals surface area contributed by atoms with Crippen LogP contribution in [0.3, 0.4) is 0 Å². The number of carbonyl (C=O) groups excluding carboxylic acids is 2. The van der Waals surface area contributed by atoms with Crippen molar-refractivity contribution in [3.05, 3.63) is 29.6 Å². The molecule has 1 aliphatic heterocycles. The monoisotopic (exact) mass is 339 g/mol. The Balaban J connectivity index is 1.99. The number of fused-ring (bicyclic) bond motifs is 1. The Morgan fingerprint density at radius 3 is 2.60 bits per heavy atom. The first-order chi connectivity index (χ1) is 9.58. The van der Waals surface area contributed by atoms with E-state index in [1.165, 1.54) is 23.1 Å². The second-order valence-electron chi connectivity index (χ2n) is 5.70. The molecule has 1 aliphatic carbocycles. The van der Waals surface area contributed by atoms with Crippen molar-refractivity contribution >= 4 is 33.3 Å². The fourth-order valence-corrected chi connectivity index (χ4v) is 4.00. The Morgan fingerprint density at radius 2 is 1.95 bits per heavy atom. The first-order valence-electron chi connectivity index (χ1n) is 6.79. The molecule has 1 amide bonds. The van der Waals surface area contributed by atoms with Gasteiger partial charge >= 0.3 is 0 Å². The number of benzene rings is 1. The zero-order chi connectivity index (χ0) is 14.3. The lowest BCUT2D eigenvalue weighted by atomic mass is 9.88. The molecule has 0 radical (unpaired) electrons. The average molecular weight is 340 g/mol. The van der Waals surface area contributed by atoms with Crippen molar-refractivity contribution in [3.63, 3.8) is 0 Å². The molecule has 20 heavy (non-hydrogen) atoms. The molecule has 1 fully saturated rings. The van der Waals surface area contributed by atoms with Gasteiger partial charge in [0.1, 0.15) is 5.82 Å². The highest BCUT2D eigenvalue weighted by Crippen LogP contribution is 2.43. The normalized spacial score (nSPS) is 20.6. The van der Waals surface area contributed by atoms with Gasteiger partial charge in [0.05, 0.1) is 11.3 Å². The van der Waals surface area contributed by atoms with Crippen LogP contribution in [0.5, 0.6) is 0 Å². The molecule has 0 spiro atoms. The highest BCUT2D eigenvalue weighted by Gasteiger charge is 2.43. The topological polar surface area (TPSA) is 37.4 Å². The highest BCUT2D eigenvalue weighted by molar-refractivity contribution is 9.09. The van der Waals surface area contributed by atoms with Crippen LogP contribution >= 0.6 is 15.9 Å². The molecule has 2 aliphatic rings. The van der Waals surface area contributed by atoms with Crippen LogP contribution in [0.1, 0.15) is 36.0 Å². The van der Waals surface area contributed by atoms with Crippen molar-refractivity contribution < 1.29 is 14.0 Å². The smallest absolute Gasteiger partial charge is 0.299 e. The van der Waals surface area contributed by atoms with E-state index in [0.717, 1.165) is 31.0 Å². The van der Waals surface area contributed by atoms with Crippen molar-refractivity contribution in [2.75, 3.05) is 16.8 Å². The minimum absolute atomic E-state index is 0.0418. The lowest BCUT2D eigenvalue weighted by Gasteiger charge is -2.31. The summed E-state index contributed by atoms with van der Waals surface area (Å²) in [5, 5.41) is 0.766. The lowest BCUT2D eigenvalue weighted by molar-refractivity contribution is -0.114. The summed E-state index contributed by atoms with van der Waals surface area (Å²) in [6, 6.07) is 4.29. The molecule has 1 aromatic carbocycles. The van der Waals surface area contributed by atoms with E-state index in [0.29, 0.717) is 6.54 Å². The van der Waals surface area contributed by atoms with Crippen molar-refractivity contribution in [1.82, 2.24) is 0 Å². The van der Waals surface area contributed by atoms with Gasteiger partial charge in [-0.2, -0.15) is 0 Å². The summed E-state index contributed by atoms with van der Waals surface area (Å²) in [6.45, 7) is 0.413. The van der Waals surface area contributed by atoms with Gasteiger partial charge in [-0.3, -0.25) is 9.59 Å². The Kier molecular flexibility index (Phi) is 3.40. The summed E-state index contributed by atoms with van der Waals surface area (Å²) in [5.41, 5.74) is 0.312. The van der Waals surface area contributed by atoms with E-state index in [2.05, 4.69) is 15.9 Å². The molecular weight excluding hydrogens is 325 g/mol. The number of amides is 1. The van der Waals surface area contributed by atoms with E-state index in [1.807, 2.05) is 0 Å². The molecule has 0 saturated heterocycles. The van der Waals surface area contributed by atoms with E-state index < -0.39 is 17.5 Å². The Labute approximate surface area is 125 Å². The quantitative estimate of drug-likeness (QED) is 0.625. The number of nitrogens with zero attached hydrogens (tertiary/aromatic N) is 1. The van der Waals surface area contributed by atoms with Crippen LogP contribution in [-0.4, -0.2) is 23.6 Å². The second-order valence-corrected chi connectivity index (χ2v) is 6.26. The summed E-state index contributed by atoms with van der Waals surface area (Å²) < 4.78 is 14.0. The number of alkyl halides is 1. The van der Waals surface area contributed by atoms with E-state index in [4.69, 9.17) is 0 Å². The summed E-state index contributed by atoms with van der Waals surface area (Å²) in [5.74, 6) is -1.69. The lowest BCUT2D eigenvalue weighted by Crippen LogP contribution is -2.40. The van der Waals surface area contributed by atoms with Gasteiger partial charge in [-0.15, -0.1) is 0 Å². The van der Waals surface area contributed by atoms with Crippen LogP contribution in [0.25, 0.3) is 0 Å². The third-order valence-corrected chi connectivity index (χ3v) is 5.57. The van der Waals surface area contributed by atoms with Crippen LogP contribution in [0.4, 0.5) is 10.1 Å². The van der Waals surface area contributed by atoms with Crippen LogP contribution in [0.15, 0.2) is 18.2 Å². The van der Waals surface area contributed by atoms with Gasteiger partial charge in [-0.25, -0.2) is 4.39 Å². The zero-order valence-electron chi connectivity index (χ0n) is 11.0. The van der Waals surface area contributed by atoms with E-state index in [9.17, 15) is 14.0 Å². The van der Waals surface area contributed by atoms with Crippen molar-refractivity contribution in [2.24, 2.45) is 5.41 Å². The molecule has 106 valence electrons. The van der Waals surface area contributed by atoms with E-state index >= 15 is 0 Å². The Bertz CT molecular complexity index is 581. The van der Waals surface area contributed by atoms with Gasteiger partial charge in [0.15, 0.2) is 0 Å². The summed E-state index contributed by atoms with van der Waals surface area (Å²) in [7, 11) is 0. The third kappa shape index (κ3) is 1.99. The standard InChI is InChI=1S/C15H15BrFNO2/c16-8-15(6-1-2-7-15)9-18-12-10(13(19)14(18)20)4-3-5-11(12)17/h3-5H,1-2,6-9H2. The molecule has 0 bridgehead atoms. The number of hydrogen-bond donors (Lipinski definition) is 0. The Morgan fingerprint density at radius 1 is 1.25 bits per heavy atom. The predicted octanol–water partition coefficient (Wildman–Crippen LogP) is 3.31. The maximum absolute atomic E-state index is 14.0. The minimum atomic E-state index is -0.600. The molecular formula is C15H15BrFNO2. The first kappa shape index (κ1) is 13.7. The Hall–Kier alpha value is -1.23. The van der Waals surface area contributed by atoms with Crippen molar-refractivity contribution in [3.8, 4) is 0 Å². The van der Waals surface area contributed by atoms with Crippen LogP contribution in [0, 0.1) is 11.2 Å². The van der Waals surface area contributed by atoms with Gasteiger partial charge in [0.2, 0.25) is 0 Å². The SMILES string of the molecule is O=C1C(=O)N(CC2(CBr)CCCC2)c2c(F)cccc21. The van der Waals surface area contributed by atoms with Gasteiger partial charge < -0.3 is 4.90 Å². The number of halogens is 2. The predicted molar refractivity (Wildman–Crippen MR) is 77.8 cm³/mol. The maximum Gasteiger partial charge on any atom is 0.299 e. The number of ketones is 1. The van der Waals surface area contributed by atoms with Gasteiger partial charge in [-0.05, 0) is 30.4 Å². The first-order valence-corrected chi connectivity index (χ1v) is 7.91. The molecule has 0 N–H and O–H groups in total. The summed E-state index contributed by atoms with van der Waals surface area (Å²) in [6.07, 6.45) is 4.23. The molecule has 0 aromatic heterocycles. The molecule has 1 heterocycles. The minimum Gasteiger partial charge on any atom is -0.301 e. The van der Waals surface area contributed by atoms with Crippen molar-refractivity contribution in [1.29, 1.82) is 0 Å². The van der Waals surface area contributed by atoms with Crippen LogP contribution in [-0.2, 0) is 4.79 Å². The second kappa shape index (κ2) is 4.95. The van der Waals surface area contributed by atoms with E-state index in [1.54, 1.807) is 0 Å². The van der Waals surface area contributed by atoms with Gasteiger partial charge in [0.25, 0.3) is 11.7 Å². The molecule has 0 unspecified atom stereocenters. The fourth-order valence-electron chi connectivity index (χ4n) is 3.26.